The van der Waals surface area contributed by atoms with Crippen molar-refractivity contribution in [1.29, 1.82) is 0 Å². The Morgan fingerprint density at radius 1 is 1.06 bits per heavy atom. The largest absolute Gasteiger partial charge is 0.454 e. The molecule has 1 fully saturated rings. The van der Waals surface area contributed by atoms with E-state index in [1.54, 1.807) is 36.5 Å². The third-order valence-corrected chi connectivity index (χ3v) is 6.41. The van der Waals surface area contributed by atoms with Gasteiger partial charge >= 0.3 is 0 Å². The highest BCUT2D eigenvalue weighted by atomic mass is 19.1. The van der Waals surface area contributed by atoms with Crippen molar-refractivity contribution < 1.29 is 23.4 Å². The molecule has 9 heteroatoms. The van der Waals surface area contributed by atoms with Crippen molar-refractivity contribution in [3.05, 3.63) is 72.2 Å². The van der Waals surface area contributed by atoms with Crippen LogP contribution in [0.1, 0.15) is 12.5 Å². The summed E-state index contributed by atoms with van der Waals surface area (Å²) in [6.07, 6.45) is 1.59. The van der Waals surface area contributed by atoms with Crippen LogP contribution in [-0.2, 0) is 11.3 Å². The smallest absolute Gasteiger partial charge is 0.242 e. The first-order chi connectivity index (χ1) is 17.6. The van der Waals surface area contributed by atoms with E-state index >= 15 is 0 Å². The van der Waals surface area contributed by atoms with Crippen LogP contribution in [0.4, 0.5) is 10.1 Å². The van der Waals surface area contributed by atoms with Crippen molar-refractivity contribution in [3.8, 4) is 23.1 Å². The van der Waals surface area contributed by atoms with Crippen molar-refractivity contribution in [2.45, 2.75) is 13.5 Å². The second kappa shape index (κ2) is 10.8. The number of carbonyl (C=O) groups is 1. The number of aromatic nitrogens is 1. The van der Waals surface area contributed by atoms with Gasteiger partial charge in [0, 0.05) is 63.3 Å². The van der Waals surface area contributed by atoms with Crippen LogP contribution in [0, 0.1) is 5.82 Å². The summed E-state index contributed by atoms with van der Waals surface area (Å²) in [5.41, 5.74) is 1.80. The van der Waals surface area contributed by atoms with Crippen LogP contribution in [0.5, 0.6) is 23.1 Å². The van der Waals surface area contributed by atoms with Gasteiger partial charge in [0.15, 0.2) is 23.1 Å². The number of anilines is 1. The maximum atomic E-state index is 14.7. The third kappa shape index (κ3) is 5.52. The minimum Gasteiger partial charge on any atom is -0.454 e. The number of amides is 1. The topological polar surface area (TPSA) is 67.4 Å². The Balaban J connectivity index is 1.14. The fourth-order valence-electron chi connectivity index (χ4n) is 4.39. The summed E-state index contributed by atoms with van der Waals surface area (Å²) in [6, 6.07) is 16.0. The zero-order valence-electron chi connectivity index (χ0n) is 20.2. The molecule has 1 saturated heterocycles. The van der Waals surface area contributed by atoms with E-state index in [9.17, 15) is 9.18 Å². The summed E-state index contributed by atoms with van der Waals surface area (Å²) in [6.45, 7) is 6.69. The fraction of sp³-hybridized carbons (Fsp3) is 0.333. The second-order valence-electron chi connectivity index (χ2n) is 8.74. The highest BCUT2D eigenvalue weighted by molar-refractivity contribution is 5.81. The van der Waals surface area contributed by atoms with Gasteiger partial charge in [0.25, 0.3) is 0 Å². The number of nitrogens with zero attached hydrogens (tertiary/aromatic N) is 4. The van der Waals surface area contributed by atoms with Crippen LogP contribution < -0.4 is 19.1 Å². The molecule has 8 nitrogen and oxygen atoms in total. The number of carbonyl (C=O) groups excluding carboxylic acids is 1. The quantitative estimate of drug-likeness (QED) is 0.472. The van der Waals surface area contributed by atoms with Gasteiger partial charge in [0.05, 0.1) is 6.54 Å². The average Bonchev–Trinajstić information content (AvgIpc) is 3.37. The molecule has 3 aromatic rings. The minimum absolute atomic E-state index is 0.0359. The Morgan fingerprint density at radius 2 is 1.89 bits per heavy atom. The molecule has 188 valence electrons. The molecule has 2 aliphatic rings. The summed E-state index contributed by atoms with van der Waals surface area (Å²) in [4.78, 5) is 23.2. The fourth-order valence-corrected chi connectivity index (χ4v) is 4.39. The minimum atomic E-state index is -0.499. The summed E-state index contributed by atoms with van der Waals surface area (Å²) in [5.74, 6) is 1.52. The molecule has 0 saturated carbocycles. The molecule has 0 radical (unpaired) electrons. The number of pyridine rings is 1. The van der Waals surface area contributed by atoms with Gasteiger partial charge in [0.2, 0.25) is 18.6 Å². The first kappa shape index (κ1) is 23.9. The van der Waals surface area contributed by atoms with Gasteiger partial charge in [-0.15, -0.1) is 0 Å². The third-order valence-electron chi connectivity index (χ3n) is 6.41. The number of benzene rings is 2. The van der Waals surface area contributed by atoms with E-state index in [0.29, 0.717) is 31.2 Å². The molecule has 0 N–H and O–H groups in total. The van der Waals surface area contributed by atoms with Crippen molar-refractivity contribution in [2.24, 2.45) is 0 Å². The molecule has 0 atom stereocenters. The van der Waals surface area contributed by atoms with Crippen LogP contribution >= 0.6 is 0 Å². The van der Waals surface area contributed by atoms with E-state index in [2.05, 4.69) is 16.0 Å². The molecule has 0 bridgehead atoms. The van der Waals surface area contributed by atoms with E-state index in [0.717, 1.165) is 36.7 Å². The zero-order chi connectivity index (χ0) is 24.9. The maximum Gasteiger partial charge on any atom is 0.242 e. The van der Waals surface area contributed by atoms with Gasteiger partial charge in [-0.25, -0.2) is 9.37 Å². The van der Waals surface area contributed by atoms with E-state index in [1.165, 1.54) is 6.07 Å². The molecule has 2 aromatic carbocycles. The Labute approximate surface area is 209 Å². The summed E-state index contributed by atoms with van der Waals surface area (Å²) >= 11 is 0. The van der Waals surface area contributed by atoms with Gasteiger partial charge in [-0.3, -0.25) is 9.69 Å². The van der Waals surface area contributed by atoms with Gasteiger partial charge in [-0.2, -0.15) is 0 Å². The van der Waals surface area contributed by atoms with Gasteiger partial charge < -0.3 is 24.0 Å². The molecule has 1 aromatic heterocycles. The highest BCUT2D eigenvalue weighted by Gasteiger charge is 2.24. The summed E-state index contributed by atoms with van der Waals surface area (Å²) in [5, 5.41) is 0. The molecule has 0 aliphatic carbocycles. The Bertz CT molecular complexity index is 1200. The molecule has 5 rings (SSSR count). The van der Waals surface area contributed by atoms with Gasteiger partial charge in [-0.05, 0) is 42.8 Å². The van der Waals surface area contributed by atoms with Crippen molar-refractivity contribution >= 4 is 11.6 Å². The van der Waals surface area contributed by atoms with E-state index in [4.69, 9.17) is 14.2 Å². The molecule has 1 amide bonds. The lowest BCUT2D eigenvalue weighted by Gasteiger charge is -2.36. The maximum absolute atomic E-state index is 14.7. The molecule has 0 spiro atoms. The molecule has 0 unspecified atom stereocenters. The highest BCUT2D eigenvalue weighted by Crippen LogP contribution is 2.33. The number of likely N-dealkylation sites (N-methyl/N-ethyl adjacent to an activating group) is 1. The molecule has 3 heterocycles. The van der Waals surface area contributed by atoms with Crippen molar-refractivity contribution in [1.82, 2.24) is 14.8 Å². The lowest BCUT2D eigenvalue weighted by molar-refractivity contribution is -0.131. The predicted molar refractivity (Wildman–Crippen MR) is 133 cm³/mol. The van der Waals surface area contributed by atoms with E-state index < -0.39 is 5.82 Å². The number of ether oxygens (including phenoxy) is 3. The van der Waals surface area contributed by atoms with Crippen molar-refractivity contribution in [3.63, 3.8) is 0 Å². The zero-order valence-corrected chi connectivity index (χ0v) is 20.2. The van der Waals surface area contributed by atoms with Crippen LogP contribution in [0.2, 0.25) is 0 Å². The first-order valence-electron chi connectivity index (χ1n) is 12.1. The number of fused-ring (bicyclic) bond motifs is 1. The second-order valence-corrected chi connectivity index (χ2v) is 8.74. The summed E-state index contributed by atoms with van der Waals surface area (Å²) in [7, 11) is 0. The normalized spacial score (nSPS) is 15.1. The summed E-state index contributed by atoms with van der Waals surface area (Å²) < 4.78 is 31.1. The Morgan fingerprint density at radius 3 is 2.64 bits per heavy atom. The molecule has 36 heavy (non-hydrogen) atoms. The number of halogens is 1. The Kier molecular flexibility index (Phi) is 7.18. The molecule has 2 aliphatic heterocycles. The SMILES string of the molecule is CCN(CC(=O)N1CCN(Cc2ccc3c(c2)OCO3)CC1)c1ccc(Oc2ccccn2)c(F)c1. The van der Waals surface area contributed by atoms with Crippen molar-refractivity contribution in [2.75, 3.05) is 51.0 Å². The van der Waals surface area contributed by atoms with Crippen LogP contribution in [0.15, 0.2) is 60.8 Å². The number of piperazine rings is 1. The lowest BCUT2D eigenvalue weighted by atomic mass is 10.1. The number of hydrogen-bond donors (Lipinski definition) is 0. The van der Waals surface area contributed by atoms with E-state index in [-0.39, 0.29) is 25.0 Å². The lowest BCUT2D eigenvalue weighted by Crippen LogP contribution is -2.51. The number of hydrogen-bond acceptors (Lipinski definition) is 7. The average molecular weight is 493 g/mol. The van der Waals surface area contributed by atoms with Gasteiger partial charge in [0.1, 0.15) is 0 Å². The monoisotopic (exact) mass is 492 g/mol. The Hall–Kier alpha value is -3.85. The first-order valence-corrected chi connectivity index (χ1v) is 12.1. The predicted octanol–water partition coefficient (Wildman–Crippen LogP) is 3.91. The standard InChI is InChI=1S/C27H29FN4O4/c1-2-31(21-7-9-23(22(28)16-21)36-26-5-3-4-10-29-26)18-27(33)32-13-11-30(12-14-32)17-20-6-8-24-25(15-20)35-19-34-24/h3-10,15-16H,2,11-14,17-19H2,1H3. The molecular weight excluding hydrogens is 463 g/mol. The van der Waals surface area contributed by atoms with Crippen LogP contribution in [-0.4, -0.2) is 66.8 Å². The van der Waals surface area contributed by atoms with E-state index in [1.807, 2.05) is 28.9 Å². The van der Waals surface area contributed by atoms with Gasteiger partial charge in [-0.1, -0.05) is 12.1 Å². The van der Waals surface area contributed by atoms with Crippen LogP contribution in [0.3, 0.4) is 0 Å². The number of rotatable bonds is 8. The molecular formula is C27H29FN4O4. The van der Waals surface area contributed by atoms with Crippen LogP contribution in [0.25, 0.3) is 0 Å².